The summed E-state index contributed by atoms with van der Waals surface area (Å²) in [6.07, 6.45) is 79.2. The van der Waals surface area contributed by atoms with Crippen molar-refractivity contribution in [2.75, 3.05) is 13.2 Å². The van der Waals surface area contributed by atoms with Crippen LogP contribution in [0.1, 0.15) is 373 Å². The Kier molecular flexibility index (Phi) is 62.4. The molecule has 0 saturated heterocycles. The van der Waals surface area contributed by atoms with Crippen LogP contribution in [0.5, 0.6) is 0 Å². The molecule has 0 fully saturated rings. The summed E-state index contributed by atoms with van der Waals surface area (Å²) in [6.45, 7) is 4.95. The van der Waals surface area contributed by atoms with E-state index in [1.165, 1.54) is 289 Å². The molecule has 74 heavy (non-hydrogen) atoms. The third kappa shape index (κ3) is 59.6. The molecule has 6 heteroatoms. The first-order valence-corrected chi connectivity index (χ1v) is 33.6. The predicted octanol–water partition coefficient (Wildman–Crippen LogP) is 21.4. The fourth-order valence-electron chi connectivity index (χ4n) is 10.6. The monoisotopic (exact) mass is 1040 g/mol. The minimum atomic E-state index is -0.665. The molecule has 1 amide bonds. The first-order chi connectivity index (χ1) is 36.5. The van der Waals surface area contributed by atoms with Gasteiger partial charge in [0.25, 0.3) is 0 Å². The van der Waals surface area contributed by atoms with Gasteiger partial charge in [-0.25, -0.2) is 0 Å². The van der Waals surface area contributed by atoms with Gasteiger partial charge in [0.2, 0.25) is 5.91 Å². The number of hydrogen-bond donors (Lipinski definition) is 3. The fraction of sp³-hybridized carbons (Fsp3) is 0.912. The van der Waals surface area contributed by atoms with Crippen molar-refractivity contribution in [1.29, 1.82) is 0 Å². The summed E-state index contributed by atoms with van der Waals surface area (Å²) in [6, 6.07) is -0.542. The first-order valence-electron chi connectivity index (χ1n) is 33.6. The SMILES string of the molecule is CCCCC/C=C\C/C=C\CCCCCCCC(=O)OCCCCCCCCCCCCCCCCCCCCCCCCCC(=O)NC(CO)C(O)CCCCCCCCCCCCCCCCCCCCC. The quantitative estimate of drug-likeness (QED) is 0.0320. The second-order valence-electron chi connectivity index (χ2n) is 23.2. The van der Waals surface area contributed by atoms with Gasteiger partial charge < -0.3 is 20.3 Å². The van der Waals surface area contributed by atoms with Crippen LogP contribution in [0.2, 0.25) is 0 Å². The van der Waals surface area contributed by atoms with Gasteiger partial charge in [-0.15, -0.1) is 0 Å². The van der Waals surface area contributed by atoms with Crippen LogP contribution < -0.4 is 5.32 Å². The molecule has 0 radical (unpaired) electrons. The number of aliphatic hydroxyl groups excluding tert-OH is 2. The van der Waals surface area contributed by atoms with Crippen molar-refractivity contribution >= 4 is 11.9 Å². The summed E-state index contributed by atoms with van der Waals surface area (Å²) in [4.78, 5) is 24.6. The Hall–Kier alpha value is -1.66. The van der Waals surface area contributed by atoms with E-state index in [1.54, 1.807) is 0 Å². The summed E-state index contributed by atoms with van der Waals surface area (Å²) in [5.41, 5.74) is 0. The normalized spacial score (nSPS) is 12.6. The molecular formula is C68H131NO5. The minimum Gasteiger partial charge on any atom is -0.466 e. The molecule has 3 N–H and O–H groups in total. The predicted molar refractivity (Wildman–Crippen MR) is 324 cm³/mol. The maximum absolute atomic E-state index is 12.5. The van der Waals surface area contributed by atoms with E-state index >= 15 is 0 Å². The van der Waals surface area contributed by atoms with Crippen LogP contribution in [0.3, 0.4) is 0 Å². The highest BCUT2D eigenvalue weighted by molar-refractivity contribution is 5.76. The van der Waals surface area contributed by atoms with Gasteiger partial charge in [-0.1, -0.05) is 327 Å². The summed E-state index contributed by atoms with van der Waals surface area (Å²) in [5.74, 6) is -0.0298. The van der Waals surface area contributed by atoms with Crippen molar-refractivity contribution in [3.63, 3.8) is 0 Å². The Morgan fingerprint density at radius 2 is 0.676 bits per heavy atom. The zero-order valence-corrected chi connectivity index (χ0v) is 50.1. The fourth-order valence-corrected chi connectivity index (χ4v) is 10.6. The van der Waals surface area contributed by atoms with Crippen molar-refractivity contribution in [3.05, 3.63) is 24.3 Å². The number of nitrogens with one attached hydrogen (secondary N) is 1. The van der Waals surface area contributed by atoms with Crippen LogP contribution in [0.25, 0.3) is 0 Å². The zero-order valence-electron chi connectivity index (χ0n) is 50.1. The van der Waals surface area contributed by atoms with Gasteiger partial charge in [0, 0.05) is 12.8 Å². The van der Waals surface area contributed by atoms with Crippen molar-refractivity contribution in [1.82, 2.24) is 5.32 Å². The number of aliphatic hydroxyl groups is 2. The summed E-state index contributed by atoms with van der Waals surface area (Å²) in [5, 5.41) is 23.4. The van der Waals surface area contributed by atoms with Gasteiger partial charge in [0.1, 0.15) is 0 Å². The Morgan fingerprint density at radius 1 is 0.378 bits per heavy atom. The molecule has 0 aromatic heterocycles. The Morgan fingerprint density at radius 3 is 1.05 bits per heavy atom. The van der Waals surface area contributed by atoms with Crippen LogP contribution in [0.4, 0.5) is 0 Å². The first kappa shape index (κ1) is 72.3. The molecule has 438 valence electrons. The third-order valence-corrected chi connectivity index (χ3v) is 15.8. The van der Waals surface area contributed by atoms with Crippen LogP contribution in [0.15, 0.2) is 24.3 Å². The van der Waals surface area contributed by atoms with Crippen molar-refractivity contribution in [3.8, 4) is 0 Å². The smallest absolute Gasteiger partial charge is 0.305 e. The van der Waals surface area contributed by atoms with E-state index < -0.39 is 12.1 Å². The largest absolute Gasteiger partial charge is 0.466 e. The van der Waals surface area contributed by atoms with Crippen molar-refractivity contribution in [2.24, 2.45) is 0 Å². The Labute approximate surface area is 462 Å². The van der Waals surface area contributed by atoms with Crippen LogP contribution in [0, 0.1) is 0 Å². The van der Waals surface area contributed by atoms with E-state index in [0.717, 1.165) is 51.4 Å². The number of amides is 1. The van der Waals surface area contributed by atoms with Crippen molar-refractivity contribution < 1.29 is 24.5 Å². The number of rotatable bonds is 63. The number of esters is 1. The molecule has 2 unspecified atom stereocenters. The van der Waals surface area contributed by atoms with E-state index in [2.05, 4.69) is 43.5 Å². The van der Waals surface area contributed by atoms with Crippen LogP contribution in [-0.4, -0.2) is 47.4 Å². The average Bonchev–Trinajstić information content (AvgIpc) is 3.40. The minimum absolute atomic E-state index is 0.00112. The lowest BCUT2D eigenvalue weighted by Crippen LogP contribution is -2.45. The molecule has 6 nitrogen and oxygen atoms in total. The summed E-state index contributed by atoms with van der Waals surface area (Å²) < 4.78 is 5.48. The van der Waals surface area contributed by atoms with Crippen LogP contribution >= 0.6 is 0 Å². The van der Waals surface area contributed by atoms with Gasteiger partial charge >= 0.3 is 5.97 Å². The highest BCUT2D eigenvalue weighted by atomic mass is 16.5. The number of allylic oxidation sites excluding steroid dienone is 4. The van der Waals surface area contributed by atoms with Gasteiger partial charge in [0.05, 0.1) is 25.4 Å². The molecule has 0 aromatic carbocycles. The Bertz CT molecular complexity index is 1150. The zero-order chi connectivity index (χ0) is 53.6. The standard InChI is InChI=1S/C68H131NO5/c1-3-5-7-9-11-13-15-17-19-20-26-29-33-36-40-44-48-52-56-60-66(71)65(64-70)69-67(72)61-57-53-49-45-41-37-34-30-27-24-22-21-23-25-28-31-35-39-43-47-51-55-59-63-74-68(73)62-58-54-50-46-42-38-32-18-16-14-12-10-8-6-4-2/h12,14,18,32,65-66,70-71H,3-11,13,15-17,19-31,33-64H2,1-2H3,(H,69,72)/b14-12-,32-18-. The molecule has 0 saturated carbocycles. The third-order valence-electron chi connectivity index (χ3n) is 15.8. The molecule has 0 aromatic rings. The van der Waals surface area contributed by atoms with E-state index in [9.17, 15) is 19.8 Å². The van der Waals surface area contributed by atoms with E-state index in [-0.39, 0.29) is 18.5 Å². The molecule has 0 spiro atoms. The van der Waals surface area contributed by atoms with Crippen LogP contribution in [-0.2, 0) is 14.3 Å². The molecule has 0 bridgehead atoms. The summed E-state index contributed by atoms with van der Waals surface area (Å²) in [7, 11) is 0. The lowest BCUT2D eigenvalue weighted by molar-refractivity contribution is -0.143. The van der Waals surface area contributed by atoms with E-state index in [4.69, 9.17) is 4.74 Å². The second kappa shape index (κ2) is 63.9. The van der Waals surface area contributed by atoms with Gasteiger partial charge in [-0.2, -0.15) is 0 Å². The lowest BCUT2D eigenvalue weighted by Gasteiger charge is -2.22. The van der Waals surface area contributed by atoms with Gasteiger partial charge in [-0.05, 0) is 57.8 Å². The summed E-state index contributed by atoms with van der Waals surface area (Å²) >= 11 is 0. The van der Waals surface area contributed by atoms with Gasteiger partial charge in [-0.3, -0.25) is 9.59 Å². The lowest BCUT2D eigenvalue weighted by atomic mass is 10.0. The topological polar surface area (TPSA) is 95.9 Å². The number of carbonyl (C=O) groups excluding carboxylic acids is 2. The highest BCUT2D eigenvalue weighted by Crippen LogP contribution is 2.19. The molecule has 0 aliphatic carbocycles. The highest BCUT2D eigenvalue weighted by Gasteiger charge is 2.20. The van der Waals surface area contributed by atoms with E-state index in [1.807, 2.05) is 0 Å². The number of unbranched alkanes of at least 4 members (excludes halogenated alkanes) is 48. The van der Waals surface area contributed by atoms with Gasteiger partial charge in [0.15, 0.2) is 0 Å². The average molecular weight is 1040 g/mol. The molecular weight excluding hydrogens is 911 g/mol. The maximum Gasteiger partial charge on any atom is 0.305 e. The van der Waals surface area contributed by atoms with Crippen molar-refractivity contribution in [2.45, 2.75) is 386 Å². The molecule has 0 aliphatic heterocycles. The van der Waals surface area contributed by atoms with E-state index in [0.29, 0.717) is 25.9 Å². The molecule has 0 aliphatic rings. The number of hydrogen-bond acceptors (Lipinski definition) is 5. The second-order valence-corrected chi connectivity index (χ2v) is 23.2. The maximum atomic E-state index is 12.5. The Balaban J connectivity index is 3.38. The molecule has 2 atom stereocenters. The molecule has 0 heterocycles. The number of ether oxygens (including phenoxy) is 1. The number of carbonyl (C=O) groups is 2. The molecule has 0 rings (SSSR count).